The van der Waals surface area contributed by atoms with Crippen molar-refractivity contribution in [2.45, 2.75) is 58.0 Å². The number of aromatic nitrogens is 4. The van der Waals surface area contributed by atoms with Gasteiger partial charge >= 0.3 is 5.97 Å². The molecule has 3 aromatic heterocycles. The normalized spacial score (nSPS) is 17.7. The lowest BCUT2D eigenvalue weighted by molar-refractivity contribution is -0.147. The second-order valence-corrected chi connectivity index (χ2v) is 10.1. The number of nitrogens with zero attached hydrogens (tertiary/aromatic N) is 4. The van der Waals surface area contributed by atoms with Gasteiger partial charge in [-0.05, 0) is 44.2 Å². The van der Waals surface area contributed by atoms with Crippen molar-refractivity contribution < 1.29 is 14.3 Å². The topological polar surface area (TPSA) is 124 Å². The van der Waals surface area contributed by atoms with E-state index in [1.165, 1.54) is 18.3 Å². The molecule has 0 spiro atoms. The van der Waals surface area contributed by atoms with E-state index in [1.807, 2.05) is 22.7 Å². The minimum absolute atomic E-state index is 0.0344. The number of nitrogens with one attached hydrogen (secondary N) is 1. The average molecular weight is 505 g/mol. The van der Waals surface area contributed by atoms with Gasteiger partial charge in [0.15, 0.2) is 5.13 Å². The van der Waals surface area contributed by atoms with Gasteiger partial charge in [-0.15, -0.1) is 11.3 Å². The summed E-state index contributed by atoms with van der Waals surface area (Å²) >= 11 is 1.48. The Balaban J connectivity index is 1.40. The van der Waals surface area contributed by atoms with Crippen molar-refractivity contribution in [3.63, 3.8) is 0 Å². The van der Waals surface area contributed by atoms with Crippen molar-refractivity contribution in [2.24, 2.45) is 0 Å². The highest BCUT2D eigenvalue weighted by atomic mass is 32.1. The number of amides is 1. The third-order valence-electron chi connectivity index (χ3n) is 6.53. The molecule has 1 saturated carbocycles. The quantitative estimate of drug-likeness (QED) is 0.360. The molecule has 36 heavy (non-hydrogen) atoms. The smallest absolute Gasteiger partial charge is 0.302 e. The molecule has 3 heterocycles. The average Bonchev–Trinajstić information content (AvgIpc) is 3.50. The molecule has 10 heteroatoms. The van der Waals surface area contributed by atoms with Crippen molar-refractivity contribution in [3.05, 3.63) is 59.1 Å². The zero-order chi connectivity index (χ0) is 25.2. The van der Waals surface area contributed by atoms with Gasteiger partial charge < -0.3 is 10.5 Å². The van der Waals surface area contributed by atoms with Gasteiger partial charge in [0.2, 0.25) is 0 Å². The van der Waals surface area contributed by atoms with E-state index in [0.29, 0.717) is 16.5 Å². The van der Waals surface area contributed by atoms with Gasteiger partial charge in [0.1, 0.15) is 29.0 Å². The molecule has 1 amide bonds. The lowest BCUT2D eigenvalue weighted by atomic mass is 9.87. The maximum Gasteiger partial charge on any atom is 0.302 e. The monoisotopic (exact) mass is 504 g/mol. The van der Waals surface area contributed by atoms with E-state index in [9.17, 15) is 9.59 Å². The molecule has 0 bridgehead atoms. The summed E-state index contributed by atoms with van der Waals surface area (Å²) in [5.74, 6) is 1.10. The van der Waals surface area contributed by atoms with Gasteiger partial charge in [0.25, 0.3) is 5.91 Å². The summed E-state index contributed by atoms with van der Waals surface area (Å²) in [5.41, 5.74) is 9.16. The number of hydrogen-bond donors (Lipinski definition) is 2. The van der Waals surface area contributed by atoms with E-state index < -0.39 is 0 Å². The third kappa shape index (κ3) is 4.81. The molecule has 0 saturated heterocycles. The van der Waals surface area contributed by atoms with Crippen LogP contribution in [0.5, 0.6) is 0 Å². The maximum absolute atomic E-state index is 12.7. The summed E-state index contributed by atoms with van der Waals surface area (Å²) in [6, 6.07) is 7.32. The summed E-state index contributed by atoms with van der Waals surface area (Å²) in [6.45, 7) is 3.51. The van der Waals surface area contributed by atoms with Crippen molar-refractivity contribution in [1.29, 1.82) is 0 Å². The molecule has 5 rings (SSSR count). The molecule has 0 atom stereocenters. The maximum atomic E-state index is 12.7. The number of thiazole rings is 1. The molecule has 0 aliphatic heterocycles. The standard InChI is InChI=1S/C26H28N6O3S/c1-3-20-14-29-26(36-20)31-25(34)18-6-4-16(5-7-18)21-22-23(27)28-12-13-32(22)24(30-21)17-8-10-19(11-9-17)35-15(2)33/h4-7,12-14,17,19H,3,8-11H2,1-2H3,(H2,27,28)(H,29,31,34). The minimum Gasteiger partial charge on any atom is -0.463 e. The number of ether oxygens (including phenoxy) is 1. The first-order chi connectivity index (χ1) is 17.4. The highest BCUT2D eigenvalue weighted by molar-refractivity contribution is 7.15. The lowest BCUT2D eigenvalue weighted by Crippen LogP contribution is -2.23. The van der Waals surface area contributed by atoms with E-state index in [-0.39, 0.29) is 23.9 Å². The number of esters is 1. The molecule has 1 aromatic carbocycles. The zero-order valence-electron chi connectivity index (χ0n) is 20.2. The number of imidazole rings is 1. The Morgan fingerprint density at radius 1 is 1.17 bits per heavy atom. The Morgan fingerprint density at radius 2 is 1.92 bits per heavy atom. The fraction of sp³-hybridized carbons (Fsp3) is 0.346. The predicted molar refractivity (Wildman–Crippen MR) is 139 cm³/mol. The van der Waals surface area contributed by atoms with E-state index in [2.05, 4.69) is 22.2 Å². The van der Waals surface area contributed by atoms with Gasteiger partial charge in [-0.25, -0.2) is 15.0 Å². The van der Waals surface area contributed by atoms with Crippen LogP contribution < -0.4 is 11.1 Å². The second kappa shape index (κ2) is 10.1. The summed E-state index contributed by atoms with van der Waals surface area (Å²) in [6.07, 6.45) is 9.54. The number of anilines is 2. The molecule has 9 nitrogen and oxygen atoms in total. The number of hydrogen-bond acceptors (Lipinski definition) is 8. The number of benzene rings is 1. The van der Waals surface area contributed by atoms with Crippen LogP contribution in [0.3, 0.4) is 0 Å². The van der Waals surface area contributed by atoms with Crippen LogP contribution in [0.1, 0.15) is 66.5 Å². The van der Waals surface area contributed by atoms with Crippen LogP contribution in [-0.2, 0) is 16.0 Å². The highest BCUT2D eigenvalue weighted by Crippen LogP contribution is 2.37. The second-order valence-electron chi connectivity index (χ2n) is 8.95. The first-order valence-corrected chi connectivity index (χ1v) is 12.9. The molecule has 186 valence electrons. The Hall–Kier alpha value is -3.79. The van der Waals surface area contributed by atoms with Crippen LogP contribution in [0, 0.1) is 0 Å². The number of fused-ring (bicyclic) bond motifs is 1. The number of aryl methyl sites for hydroxylation is 1. The molecule has 1 fully saturated rings. The van der Waals surface area contributed by atoms with Crippen LogP contribution in [0.4, 0.5) is 10.9 Å². The summed E-state index contributed by atoms with van der Waals surface area (Å²) in [4.78, 5) is 38.7. The fourth-order valence-electron chi connectivity index (χ4n) is 4.73. The lowest BCUT2D eigenvalue weighted by Gasteiger charge is -2.27. The number of rotatable bonds is 6. The molecule has 0 radical (unpaired) electrons. The van der Waals surface area contributed by atoms with Crippen LogP contribution >= 0.6 is 11.3 Å². The van der Waals surface area contributed by atoms with Crippen molar-refractivity contribution in [2.75, 3.05) is 11.1 Å². The highest BCUT2D eigenvalue weighted by Gasteiger charge is 2.28. The van der Waals surface area contributed by atoms with E-state index in [4.69, 9.17) is 15.5 Å². The molecule has 3 N–H and O–H groups in total. The van der Waals surface area contributed by atoms with E-state index in [0.717, 1.165) is 59.6 Å². The van der Waals surface area contributed by atoms with Crippen LogP contribution in [0.15, 0.2) is 42.9 Å². The first kappa shape index (κ1) is 23.9. The van der Waals surface area contributed by atoms with Crippen LogP contribution in [0.2, 0.25) is 0 Å². The van der Waals surface area contributed by atoms with Crippen molar-refractivity contribution in [1.82, 2.24) is 19.4 Å². The minimum atomic E-state index is -0.236. The predicted octanol–water partition coefficient (Wildman–Crippen LogP) is 4.84. The van der Waals surface area contributed by atoms with E-state index in [1.54, 1.807) is 24.5 Å². The molecular formula is C26H28N6O3S. The number of carbonyl (C=O) groups excluding carboxylic acids is 2. The molecular weight excluding hydrogens is 476 g/mol. The molecule has 1 aliphatic rings. The van der Waals surface area contributed by atoms with Crippen molar-refractivity contribution in [3.8, 4) is 11.3 Å². The molecule has 4 aromatic rings. The van der Waals surface area contributed by atoms with Gasteiger partial charge in [-0.3, -0.25) is 19.3 Å². The Bertz CT molecular complexity index is 1400. The number of nitrogen functional groups attached to an aromatic ring is 1. The number of nitrogens with two attached hydrogens (primary N) is 1. The van der Waals surface area contributed by atoms with E-state index >= 15 is 0 Å². The Kier molecular flexibility index (Phi) is 6.69. The summed E-state index contributed by atoms with van der Waals surface area (Å²) in [5, 5.41) is 3.45. The summed E-state index contributed by atoms with van der Waals surface area (Å²) < 4.78 is 7.42. The molecule has 1 aliphatic carbocycles. The SMILES string of the molecule is CCc1cnc(NC(=O)c2ccc(-c3nc(C4CCC(OC(C)=O)CC4)n4ccnc(N)c34)cc2)s1. The van der Waals surface area contributed by atoms with Gasteiger partial charge in [0.05, 0.1) is 0 Å². The zero-order valence-corrected chi connectivity index (χ0v) is 21.0. The van der Waals surface area contributed by atoms with Gasteiger partial charge in [0, 0.05) is 47.4 Å². The Labute approximate surface area is 212 Å². The first-order valence-electron chi connectivity index (χ1n) is 12.1. The van der Waals surface area contributed by atoms with Gasteiger partial charge in [-0.1, -0.05) is 19.1 Å². The number of carbonyl (C=O) groups is 2. The fourth-order valence-corrected chi connectivity index (χ4v) is 5.47. The third-order valence-corrected chi connectivity index (χ3v) is 7.58. The summed E-state index contributed by atoms with van der Waals surface area (Å²) in [7, 11) is 0. The largest absolute Gasteiger partial charge is 0.463 e. The Morgan fingerprint density at radius 3 is 2.58 bits per heavy atom. The van der Waals surface area contributed by atoms with Crippen molar-refractivity contribution >= 4 is 39.7 Å². The van der Waals surface area contributed by atoms with Gasteiger partial charge in [-0.2, -0.15) is 0 Å². The molecule has 0 unspecified atom stereocenters. The van der Waals surface area contributed by atoms with Crippen LogP contribution in [0.25, 0.3) is 16.8 Å². The van der Waals surface area contributed by atoms with Crippen LogP contribution in [-0.4, -0.2) is 37.3 Å².